The zero-order valence-corrected chi connectivity index (χ0v) is 20.4. The Balaban J connectivity index is 1.77. The number of amides is 1. The summed E-state index contributed by atoms with van der Waals surface area (Å²) in [6.45, 7) is 2.09. The fourth-order valence-electron chi connectivity index (χ4n) is 3.80. The van der Waals surface area contributed by atoms with Crippen LogP contribution in [0.15, 0.2) is 54.7 Å². The Bertz CT molecular complexity index is 1230. The van der Waals surface area contributed by atoms with Gasteiger partial charge in [-0.15, -0.1) is 11.3 Å². The average Bonchev–Trinajstić information content (AvgIpc) is 3.26. The van der Waals surface area contributed by atoms with Gasteiger partial charge in [-0.25, -0.2) is 4.79 Å². The number of aromatic carboxylic acids is 1. The molecule has 176 valence electrons. The fraction of sp³-hybridized carbons (Fsp3) is 0.200. The summed E-state index contributed by atoms with van der Waals surface area (Å²) >= 11 is 14.2. The number of nitrogens with two attached hydrogens (primary N) is 1. The highest BCUT2D eigenvalue weighted by atomic mass is 35.5. The zero-order chi connectivity index (χ0) is 24.2. The number of halogens is 2. The number of carbonyl (C=O) groups is 2. The average molecular weight is 517 g/mol. The number of thiophene rings is 1. The third-order valence-corrected chi connectivity index (χ3v) is 7.51. The largest absolute Gasteiger partial charge is 0.478 e. The number of benzene rings is 2. The highest BCUT2D eigenvalue weighted by Gasteiger charge is 2.24. The molecule has 0 radical (unpaired) electrons. The van der Waals surface area contributed by atoms with Crippen molar-refractivity contribution >= 4 is 52.0 Å². The predicted octanol–water partition coefficient (Wildman–Crippen LogP) is 5.16. The normalized spacial score (nSPS) is 14.3. The van der Waals surface area contributed by atoms with E-state index < -0.39 is 5.97 Å². The van der Waals surface area contributed by atoms with Gasteiger partial charge in [-0.1, -0.05) is 41.4 Å². The molecule has 1 fully saturated rings. The molecule has 1 amide bonds. The molecule has 9 heteroatoms. The van der Waals surface area contributed by atoms with Crippen LogP contribution in [0, 0.1) is 0 Å². The summed E-state index contributed by atoms with van der Waals surface area (Å²) in [6.07, 6.45) is 1.88. The van der Waals surface area contributed by atoms with Crippen molar-refractivity contribution in [3.05, 3.63) is 96.8 Å². The molecule has 0 aliphatic carbocycles. The topological polar surface area (TPSA) is 92.9 Å². The van der Waals surface area contributed by atoms with E-state index in [0.29, 0.717) is 53.2 Å². The van der Waals surface area contributed by atoms with Crippen molar-refractivity contribution in [2.45, 2.75) is 6.42 Å². The maximum Gasteiger partial charge on any atom is 0.335 e. The molecule has 2 heterocycles. The summed E-state index contributed by atoms with van der Waals surface area (Å²) in [5, 5.41) is 10.3. The van der Waals surface area contributed by atoms with Crippen molar-refractivity contribution in [2.24, 2.45) is 5.73 Å². The molecule has 1 aromatic heterocycles. The first-order valence-electron chi connectivity index (χ1n) is 10.6. The van der Waals surface area contributed by atoms with Gasteiger partial charge < -0.3 is 20.5 Å². The Morgan fingerprint density at radius 2 is 1.68 bits per heavy atom. The second kappa shape index (κ2) is 10.6. The smallest absolute Gasteiger partial charge is 0.335 e. The Morgan fingerprint density at radius 1 is 1.06 bits per heavy atom. The molecule has 0 spiro atoms. The standard InChI is InChI=1S/C25H22Cl2N2O4S/c26-20-2-1-3-21(27)18(20)12-17-13-22(24(30)29-8-10-33-11-9-29)34-23(17)19(14-28)15-4-6-16(7-5-15)25(31)32/h1-7,13-14H,8-12,28H2,(H,31,32)/b19-14-. The van der Waals surface area contributed by atoms with E-state index in [1.807, 2.05) is 6.07 Å². The van der Waals surface area contributed by atoms with Crippen molar-refractivity contribution in [3.8, 4) is 0 Å². The molecule has 3 N–H and O–H groups in total. The quantitative estimate of drug-likeness (QED) is 0.471. The minimum atomic E-state index is -1.01. The Morgan fingerprint density at radius 3 is 2.26 bits per heavy atom. The lowest BCUT2D eigenvalue weighted by Gasteiger charge is -2.26. The van der Waals surface area contributed by atoms with E-state index in [2.05, 4.69) is 0 Å². The Labute approximate surface area is 211 Å². The molecule has 0 atom stereocenters. The van der Waals surface area contributed by atoms with Crippen molar-refractivity contribution in [3.63, 3.8) is 0 Å². The summed E-state index contributed by atoms with van der Waals surface area (Å²) in [7, 11) is 0. The molecule has 0 bridgehead atoms. The first-order chi connectivity index (χ1) is 16.4. The molecule has 4 rings (SSSR count). The molecular formula is C25H22Cl2N2O4S. The minimum Gasteiger partial charge on any atom is -0.478 e. The van der Waals surface area contributed by atoms with Crippen LogP contribution >= 0.6 is 34.5 Å². The van der Waals surface area contributed by atoms with Crippen LogP contribution in [0.3, 0.4) is 0 Å². The lowest BCUT2D eigenvalue weighted by atomic mass is 9.97. The van der Waals surface area contributed by atoms with Crippen LogP contribution < -0.4 is 5.73 Å². The van der Waals surface area contributed by atoms with Crippen molar-refractivity contribution in [1.29, 1.82) is 0 Å². The van der Waals surface area contributed by atoms with Gasteiger partial charge in [0.25, 0.3) is 5.91 Å². The molecule has 1 aliphatic heterocycles. The van der Waals surface area contributed by atoms with Gasteiger partial charge in [-0.3, -0.25) is 4.79 Å². The first kappa shape index (κ1) is 24.3. The maximum atomic E-state index is 13.2. The molecule has 0 unspecified atom stereocenters. The summed E-state index contributed by atoms with van der Waals surface area (Å²) in [6, 6.07) is 13.7. The Hall–Kier alpha value is -2.84. The number of carbonyl (C=O) groups excluding carboxylic acids is 1. The molecule has 1 aliphatic rings. The predicted molar refractivity (Wildman–Crippen MR) is 135 cm³/mol. The van der Waals surface area contributed by atoms with E-state index in [9.17, 15) is 14.7 Å². The van der Waals surface area contributed by atoms with E-state index in [4.69, 9.17) is 33.7 Å². The van der Waals surface area contributed by atoms with E-state index in [-0.39, 0.29) is 11.5 Å². The van der Waals surface area contributed by atoms with Crippen molar-refractivity contribution in [2.75, 3.05) is 26.3 Å². The lowest BCUT2D eigenvalue weighted by molar-refractivity contribution is 0.0306. The molecule has 3 aromatic rings. The highest BCUT2D eigenvalue weighted by molar-refractivity contribution is 7.15. The number of hydrogen-bond acceptors (Lipinski definition) is 5. The monoisotopic (exact) mass is 516 g/mol. The first-order valence-corrected chi connectivity index (χ1v) is 12.1. The van der Waals surface area contributed by atoms with Gasteiger partial charge in [0, 0.05) is 46.2 Å². The number of morpholine rings is 1. The van der Waals surface area contributed by atoms with Gasteiger partial charge in [0.05, 0.1) is 23.7 Å². The van der Waals surface area contributed by atoms with Crippen molar-refractivity contribution in [1.82, 2.24) is 4.90 Å². The Kier molecular flexibility index (Phi) is 7.58. The molecule has 2 aromatic carbocycles. The molecule has 1 saturated heterocycles. The van der Waals surface area contributed by atoms with E-state index in [1.54, 1.807) is 35.2 Å². The third-order valence-electron chi connectivity index (χ3n) is 5.60. The van der Waals surface area contributed by atoms with Crippen LogP contribution in [0.1, 0.15) is 41.6 Å². The number of hydrogen-bond donors (Lipinski definition) is 2. The summed E-state index contributed by atoms with van der Waals surface area (Å²) in [4.78, 5) is 27.7. The van der Waals surface area contributed by atoms with Crippen LogP contribution in [0.25, 0.3) is 5.57 Å². The number of nitrogens with zero attached hydrogens (tertiary/aromatic N) is 1. The third kappa shape index (κ3) is 5.13. The molecular weight excluding hydrogens is 495 g/mol. The summed E-state index contributed by atoms with van der Waals surface area (Å²) < 4.78 is 5.37. The van der Waals surface area contributed by atoms with Gasteiger partial charge in [-0.2, -0.15) is 0 Å². The van der Waals surface area contributed by atoms with E-state index >= 15 is 0 Å². The van der Waals surface area contributed by atoms with Crippen LogP contribution in [0.2, 0.25) is 10.0 Å². The zero-order valence-electron chi connectivity index (χ0n) is 18.1. The van der Waals surface area contributed by atoms with Crippen LogP contribution in [0.5, 0.6) is 0 Å². The van der Waals surface area contributed by atoms with Gasteiger partial charge in [0.2, 0.25) is 0 Å². The second-order valence-corrected chi connectivity index (χ2v) is 9.58. The van der Waals surface area contributed by atoms with E-state index in [0.717, 1.165) is 21.6 Å². The minimum absolute atomic E-state index is 0.0661. The van der Waals surface area contributed by atoms with Crippen LogP contribution in [-0.4, -0.2) is 48.2 Å². The van der Waals surface area contributed by atoms with E-state index in [1.165, 1.54) is 29.7 Å². The molecule has 34 heavy (non-hydrogen) atoms. The molecule has 6 nitrogen and oxygen atoms in total. The fourth-order valence-corrected chi connectivity index (χ4v) is 5.53. The number of carboxylic acids is 1. The van der Waals surface area contributed by atoms with Crippen molar-refractivity contribution < 1.29 is 19.4 Å². The number of ether oxygens (including phenoxy) is 1. The number of rotatable bonds is 6. The second-order valence-electron chi connectivity index (χ2n) is 7.71. The number of carboxylic acid groups (broad SMARTS) is 1. The summed E-state index contributed by atoms with van der Waals surface area (Å²) in [5.74, 6) is -1.07. The van der Waals surface area contributed by atoms with Gasteiger partial charge in [0.1, 0.15) is 0 Å². The lowest BCUT2D eigenvalue weighted by Crippen LogP contribution is -2.40. The highest BCUT2D eigenvalue weighted by Crippen LogP contribution is 2.37. The van der Waals surface area contributed by atoms with Gasteiger partial charge in [0.15, 0.2) is 0 Å². The van der Waals surface area contributed by atoms with Gasteiger partial charge >= 0.3 is 5.97 Å². The summed E-state index contributed by atoms with van der Waals surface area (Å²) in [5.41, 5.74) is 9.28. The van der Waals surface area contributed by atoms with Gasteiger partial charge in [-0.05, 0) is 47.0 Å². The molecule has 0 saturated carbocycles. The SMILES string of the molecule is N/C=C(/c1ccc(C(=O)O)cc1)c1sc(C(=O)N2CCOCC2)cc1Cc1c(Cl)cccc1Cl. The van der Waals surface area contributed by atoms with Crippen LogP contribution in [0.4, 0.5) is 0 Å². The van der Waals surface area contributed by atoms with Crippen LogP contribution in [-0.2, 0) is 11.2 Å². The maximum absolute atomic E-state index is 13.2.